The van der Waals surface area contributed by atoms with Crippen molar-refractivity contribution in [3.05, 3.63) is 76.7 Å². The van der Waals surface area contributed by atoms with E-state index in [1.165, 1.54) is 24.3 Å². The van der Waals surface area contributed by atoms with Gasteiger partial charge in [-0.05, 0) is 49.9 Å². The highest BCUT2D eigenvalue weighted by Gasteiger charge is 2.28. The van der Waals surface area contributed by atoms with Gasteiger partial charge in [-0.2, -0.15) is 9.78 Å². The molecule has 3 aromatic rings. The summed E-state index contributed by atoms with van der Waals surface area (Å²) < 4.78 is 21.5. The molecule has 0 saturated heterocycles. The Hall–Kier alpha value is -3.72. The second-order valence-electron chi connectivity index (χ2n) is 9.52. The Morgan fingerprint density at radius 3 is 2.47 bits per heavy atom. The van der Waals surface area contributed by atoms with Crippen LogP contribution in [0, 0.1) is 25.6 Å². The van der Waals surface area contributed by atoms with Crippen LogP contribution in [0.2, 0.25) is 0 Å². The predicted molar refractivity (Wildman–Crippen MR) is 133 cm³/mol. The third-order valence-electron chi connectivity index (χ3n) is 6.23. The van der Waals surface area contributed by atoms with Gasteiger partial charge in [0.15, 0.2) is 5.69 Å². The number of carbonyl (C=O) groups is 2. The Kier molecular flexibility index (Phi) is 8.14. The number of rotatable bonds is 10. The molecule has 3 rings (SSSR count). The van der Waals surface area contributed by atoms with Gasteiger partial charge in [-0.1, -0.05) is 49.7 Å². The maximum absolute atomic E-state index is 14.6. The summed E-state index contributed by atoms with van der Waals surface area (Å²) in [6.45, 7) is 8.96. The molecule has 0 saturated carbocycles. The van der Waals surface area contributed by atoms with E-state index >= 15 is 0 Å². The number of amides is 1. The van der Waals surface area contributed by atoms with Crippen LogP contribution in [0.25, 0.3) is 5.69 Å². The van der Waals surface area contributed by atoms with Crippen LogP contribution in [0.3, 0.4) is 0 Å². The fourth-order valence-electron chi connectivity index (χ4n) is 3.62. The van der Waals surface area contributed by atoms with E-state index in [-0.39, 0.29) is 36.2 Å². The molecular formula is C27H32FN3O5. The third-order valence-corrected chi connectivity index (χ3v) is 6.23. The van der Waals surface area contributed by atoms with Crippen molar-refractivity contribution < 1.29 is 28.9 Å². The molecule has 3 N–H and O–H groups in total. The lowest BCUT2D eigenvalue weighted by Gasteiger charge is -2.27. The lowest BCUT2D eigenvalue weighted by molar-refractivity contribution is -0.137. The van der Waals surface area contributed by atoms with Gasteiger partial charge in [-0.25, -0.2) is 4.39 Å². The maximum Gasteiger partial charge on any atom is 0.305 e. The zero-order chi connectivity index (χ0) is 26.6. The molecule has 1 aromatic heterocycles. The number of aliphatic hydroxyl groups is 1. The Labute approximate surface area is 209 Å². The van der Waals surface area contributed by atoms with Gasteiger partial charge >= 0.3 is 5.97 Å². The lowest BCUT2D eigenvalue weighted by Crippen LogP contribution is -2.38. The van der Waals surface area contributed by atoms with Gasteiger partial charge in [0.1, 0.15) is 18.1 Å². The van der Waals surface area contributed by atoms with Gasteiger partial charge in [-0.3, -0.25) is 9.59 Å². The summed E-state index contributed by atoms with van der Waals surface area (Å²) in [5, 5.41) is 27.0. The second kappa shape index (κ2) is 10.9. The molecule has 0 radical (unpaired) electrons. The molecule has 0 spiro atoms. The number of benzene rings is 2. The summed E-state index contributed by atoms with van der Waals surface area (Å²) in [6.07, 6.45) is -0.329. The van der Waals surface area contributed by atoms with E-state index < -0.39 is 29.3 Å². The van der Waals surface area contributed by atoms with Crippen molar-refractivity contribution in [2.24, 2.45) is 5.92 Å². The van der Waals surface area contributed by atoms with E-state index in [0.29, 0.717) is 5.56 Å². The van der Waals surface area contributed by atoms with Crippen molar-refractivity contribution in [2.75, 3.05) is 6.61 Å². The van der Waals surface area contributed by atoms with Crippen molar-refractivity contribution in [1.82, 2.24) is 15.1 Å². The first kappa shape index (κ1) is 26.9. The van der Waals surface area contributed by atoms with Crippen molar-refractivity contribution in [2.45, 2.75) is 52.7 Å². The van der Waals surface area contributed by atoms with Gasteiger partial charge in [0, 0.05) is 6.07 Å². The molecule has 0 bridgehead atoms. The molecule has 2 atom stereocenters. The molecular weight excluding hydrogens is 465 g/mol. The largest absolute Gasteiger partial charge is 0.481 e. The second-order valence-corrected chi connectivity index (χ2v) is 9.52. The van der Waals surface area contributed by atoms with Gasteiger partial charge in [0.2, 0.25) is 5.88 Å². The Morgan fingerprint density at radius 1 is 1.17 bits per heavy atom. The summed E-state index contributed by atoms with van der Waals surface area (Å²) in [6, 6.07) is 12.0. The average molecular weight is 498 g/mol. The smallest absolute Gasteiger partial charge is 0.305 e. The van der Waals surface area contributed by atoms with Crippen LogP contribution in [0.5, 0.6) is 5.88 Å². The van der Waals surface area contributed by atoms with E-state index in [2.05, 4.69) is 10.4 Å². The van der Waals surface area contributed by atoms with E-state index in [0.717, 1.165) is 15.8 Å². The Balaban J connectivity index is 1.96. The molecule has 2 aromatic carbocycles. The highest BCUT2D eigenvalue weighted by atomic mass is 19.1. The monoisotopic (exact) mass is 497 g/mol. The number of hydrogen-bond acceptors (Lipinski definition) is 5. The first-order valence-corrected chi connectivity index (χ1v) is 11.7. The first-order valence-electron chi connectivity index (χ1n) is 11.7. The number of nitrogens with one attached hydrogen (secondary N) is 1. The summed E-state index contributed by atoms with van der Waals surface area (Å²) >= 11 is 0. The van der Waals surface area contributed by atoms with Crippen LogP contribution in [-0.2, 0) is 4.79 Å². The molecule has 1 amide bonds. The molecule has 0 aliphatic carbocycles. The number of nitrogens with zero attached hydrogens (tertiary/aromatic N) is 2. The molecule has 1 unspecified atom stereocenters. The molecule has 1 heterocycles. The minimum atomic E-state index is -1.18. The number of ether oxygens (including phenoxy) is 1. The summed E-state index contributed by atoms with van der Waals surface area (Å²) in [5.41, 5.74) is 1.33. The minimum absolute atomic E-state index is 0.0622. The summed E-state index contributed by atoms with van der Waals surface area (Å²) in [4.78, 5) is 24.7. The minimum Gasteiger partial charge on any atom is -0.481 e. The number of para-hydroxylation sites is 1. The molecule has 192 valence electrons. The zero-order valence-electron chi connectivity index (χ0n) is 21.1. The standard InChI is InChI=1S/C27H32FN3O5/c1-16(2)27(5,35)15-36-24-13-22(30-31(24)23-9-7-6-8-20(23)28)26(34)29-21(14-25(32)33)19-11-10-17(3)12-18(19)4/h6-13,16,21,35H,14-15H2,1-5H3,(H,29,34)(H,32,33)/t21?,27-/m1/s1. The Morgan fingerprint density at radius 2 is 1.86 bits per heavy atom. The fourth-order valence-corrected chi connectivity index (χ4v) is 3.62. The van der Waals surface area contributed by atoms with Crippen LogP contribution in [-0.4, -0.2) is 44.1 Å². The third kappa shape index (κ3) is 6.28. The number of carboxylic acid groups (broad SMARTS) is 1. The van der Waals surface area contributed by atoms with E-state index in [1.54, 1.807) is 19.1 Å². The number of carbonyl (C=O) groups excluding carboxylic acids is 1. The van der Waals surface area contributed by atoms with Gasteiger partial charge in [0.05, 0.1) is 18.1 Å². The van der Waals surface area contributed by atoms with Crippen molar-refractivity contribution in [3.8, 4) is 11.6 Å². The number of halogens is 1. The highest BCUT2D eigenvalue weighted by molar-refractivity contribution is 5.93. The predicted octanol–water partition coefficient (Wildman–Crippen LogP) is 4.36. The number of aryl methyl sites for hydroxylation is 2. The summed E-state index contributed by atoms with van der Waals surface area (Å²) in [7, 11) is 0. The van der Waals surface area contributed by atoms with E-state index in [9.17, 15) is 24.2 Å². The molecule has 0 fully saturated rings. The van der Waals surface area contributed by atoms with Crippen LogP contribution in [0.15, 0.2) is 48.5 Å². The van der Waals surface area contributed by atoms with E-state index in [4.69, 9.17) is 4.74 Å². The quantitative estimate of drug-likeness (QED) is 0.384. The first-order chi connectivity index (χ1) is 16.9. The Bertz CT molecular complexity index is 1250. The maximum atomic E-state index is 14.6. The molecule has 8 nitrogen and oxygen atoms in total. The van der Waals surface area contributed by atoms with Crippen LogP contribution >= 0.6 is 0 Å². The SMILES string of the molecule is Cc1ccc(C(CC(=O)O)NC(=O)c2cc(OC[C@@](C)(O)C(C)C)n(-c3ccccc3F)n2)c(C)c1. The molecule has 0 aliphatic rings. The van der Waals surface area contributed by atoms with Gasteiger partial charge < -0.3 is 20.3 Å². The lowest BCUT2D eigenvalue weighted by atomic mass is 9.94. The average Bonchev–Trinajstić information content (AvgIpc) is 3.21. The number of aliphatic carboxylic acids is 1. The van der Waals surface area contributed by atoms with Crippen molar-refractivity contribution in [1.29, 1.82) is 0 Å². The molecule has 0 aliphatic heterocycles. The molecule has 36 heavy (non-hydrogen) atoms. The van der Waals surface area contributed by atoms with Crippen molar-refractivity contribution >= 4 is 11.9 Å². The van der Waals surface area contributed by atoms with Crippen LogP contribution in [0.1, 0.15) is 60.4 Å². The fraction of sp³-hybridized carbons (Fsp3) is 0.370. The number of carboxylic acids is 1. The van der Waals surface area contributed by atoms with Gasteiger partial charge in [0.25, 0.3) is 5.91 Å². The normalized spacial score (nSPS) is 13.8. The topological polar surface area (TPSA) is 114 Å². The zero-order valence-corrected chi connectivity index (χ0v) is 21.1. The summed E-state index contributed by atoms with van der Waals surface area (Å²) in [5.74, 6) is -2.35. The van der Waals surface area contributed by atoms with Gasteiger partial charge in [-0.15, -0.1) is 0 Å². The number of hydrogen-bond donors (Lipinski definition) is 3. The number of aromatic nitrogens is 2. The van der Waals surface area contributed by atoms with E-state index in [1.807, 2.05) is 39.8 Å². The van der Waals surface area contributed by atoms with Crippen LogP contribution < -0.4 is 10.1 Å². The van der Waals surface area contributed by atoms with Crippen LogP contribution in [0.4, 0.5) is 4.39 Å². The van der Waals surface area contributed by atoms with Crippen molar-refractivity contribution in [3.63, 3.8) is 0 Å². The molecule has 9 heteroatoms. The highest BCUT2D eigenvalue weighted by Crippen LogP contribution is 2.26.